The van der Waals surface area contributed by atoms with E-state index >= 15 is 0 Å². The number of nitrogens with two attached hydrogens (primary N) is 1. The Bertz CT molecular complexity index is 582. The van der Waals surface area contributed by atoms with Crippen LogP contribution in [0.3, 0.4) is 0 Å². The number of thiazole rings is 1. The van der Waals surface area contributed by atoms with Gasteiger partial charge in [-0.2, -0.15) is 0 Å². The van der Waals surface area contributed by atoms with Gasteiger partial charge < -0.3 is 10.6 Å². The summed E-state index contributed by atoms with van der Waals surface area (Å²) < 4.78 is 0. The van der Waals surface area contributed by atoms with Crippen molar-refractivity contribution in [1.82, 2.24) is 9.88 Å². The second-order valence-electron chi connectivity index (χ2n) is 5.16. The standard InChI is InChI=1S/C16H21N3OS/c1-12(10-17)19(2)16(20)9-14-11-21-15(18-14)8-13-6-4-3-5-7-13/h3-7,11-12H,8-10,17H2,1-2H3. The number of aromatic nitrogens is 1. The number of carbonyl (C=O) groups excluding carboxylic acids is 1. The molecule has 0 spiro atoms. The molecule has 5 heteroatoms. The highest BCUT2D eigenvalue weighted by atomic mass is 32.1. The fourth-order valence-electron chi connectivity index (χ4n) is 1.97. The van der Waals surface area contributed by atoms with Gasteiger partial charge in [0.25, 0.3) is 0 Å². The summed E-state index contributed by atoms with van der Waals surface area (Å²) in [4.78, 5) is 18.4. The van der Waals surface area contributed by atoms with Crippen LogP contribution in [0.1, 0.15) is 23.2 Å². The highest BCUT2D eigenvalue weighted by Gasteiger charge is 2.16. The molecule has 0 aliphatic carbocycles. The van der Waals surface area contributed by atoms with Crippen LogP contribution in [0, 0.1) is 0 Å². The minimum Gasteiger partial charge on any atom is -0.341 e. The zero-order valence-corrected chi connectivity index (χ0v) is 13.3. The Hall–Kier alpha value is -1.72. The number of carbonyl (C=O) groups is 1. The van der Waals surface area contributed by atoms with Gasteiger partial charge in [-0.15, -0.1) is 11.3 Å². The van der Waals surface area contributed by atoms with Crippen molar-refractivity contribution in [2.24, 2.45) is 5.73 Å². The monoisotopic (exact) mass is 303 g/mol. The largest absolute Gasteiger partial charge is 0.341 e. The fraction of sp³-hybridized carbons (Fsp3) is 0.375. The van der Waals surface area contributed by atoms with E-state index in [9.17, 15) is 4.79 Å². The Morgan fingerprint density at radius 1 is 1.38 bits per heavy atom. The maximum atomic E-state index is 12.1. The molecule has 2 N–H and O–H groups in total. The van der Waals surface area contributed by atoms with Crippen molar-refractivity contribution in [3.05, 3.63) is 52.0 Å². The van der Waals surface area contributed by atoms with Crippen LogP contribution in [0.25, 0.3) is 0 Å². The van der Waals surface area contributed by atoms with E-state index in [4.69, 9.17) is 5.73 Å². The van der Waals surface area contributed by atoms with Crippen LogP contribution in [0.5, 0.6) is 0 Å². The number of nitrogens with zero attached hydrogens (tertiary/aromatic N) is 2. The zero-order chi connectivity index (χ0) is 15.2. The van der Waals surface area contributed by atoms with E-state index in [1.54, 1.807) is 23.3 Å². The number of rotatable bonds is 6. The Kier molecular flexibility index (Phi) is 5.47. The predicted molar refractivity (Wildman–Crippen MR) is 86.4 cm³/mol. The molecular weight excluding hydrogens is 282 g/mol. The van der Waals surface area contributed by atoms with E-state index in [0.717, 1.165) is 17.1 Å². The minimum absolute atomic E-state index is 0.0555. The summed E-state index contributed by atoms with van der Waals surface area (Å²) in [6.45, 7) is 2.42. The molecule has 0 radical (unpaired) electrons. The molecule has 1 aromatic heterocycles. The molecular formula is C16H21N3OS. The molecule has 0 aliphatic rings. The molecule has 0 saturated carbocycles. The predicted octanol–water partition coefficient (Wildman–Crippen LogP) is 2.08. The molecule has 2 aromatic rings. The van der Waals surface area contributed by atoms with Gasteiger partial charge in [0.15, 0.2) is 0 Å². The third-order valence-electron chi connectivity index (χ3n) is 3.53. The maximum Gasteiger partial charge on any atom is 0.228 e. The lowest BCUT2D eigenvalue weighted by Gasteiger charge is -2.23. The van der Waals surface area contributed by atoms with Crippen LogP contribution in [-0.2, 0) is 17.6 Å². The van der Waals surface area contributed by atoms with Crippen molar-refractivity contribution in [2.75, 3.05) is 13.6 Å². The van der Waals surface area contributed by atoms with Gasteiger partial charge in [0.1, 0.15) is 0 Å². The highest BCUT2D eigenvalue weighted by molar-refractivity contribution is 7.09. The van der Waals surface area contributed by atoms with Gasteiger partial charge in [-0.25, -0.2) is 4.98 Å². The molecule has 4 nitrogen and oxygen atoms in total. The number of benzene rings is 1. The third kappa shape index (κ3) is 4.37. The molecule has 1 atom stereocenters. The Labute approximate surface area is 129 Å². The lowest BCUT2D eigenvalue weighted by Crippen LogP contribution is -2.40. The van der Waals surface area contributed by atoms with Crippen LogP contribution >= 0.6 is 11.3 Å². The molecule has 1 unspecified atom stereocenters. The molecule has 1 aromatic carbocycles. The topological polar surface area (TPSA) is 59.2 Å². The van der Waals surface area contributed by atoms with Crippen LogP contribution in [0.2, 0.25) is 0 Å². The summed E-state index contributed by atoms with van der Waals surface area (Å²) in [5.41, 5.74) is 7.66. The average molecular weight is 303 g/mol. The van der Waals surface area contributed by atoms with E-state index in [1.165, 1.54) is 5.56 Å². The summed E-state index contributed by atoms with van der Waals surface area (Å²) >= 11 is 1.61. The molecule has 1 amide bonds. The first-order valence-electron chi connectivity index (χ1n) is 7.03. The van der Waals surface area contributed by atoms with Gasteiger partial charge in [-0.3, -0.25) is 4.79 Å². The van der Waals surface area contributed by atoms with Crippen molar-refractivity contribution in [1.29, 1.82) is 0 Å². The van der Waals surface area contributed by atoms with E-state index in [2.05, 4.69) is 17.1 Å². The average Bonchev–Trinajstić information content (AvgIpc) is 2.93. The van der Waals surface area contributed by atoms with Gasteiger partial charge in [0.05, 0.1) is 17.1 Å². The van der Waals surface area contributed by atoms with Crippen LogP contribution in [-0.4, -0.2) is 35.4 Å². The van der Waals surface area contributed by atoms with Crippen molar-refractivity contribution in [3.8, 4) is 0 Å². The van der Waals surface area contributed by atoms with Gasteiger partial charge in [-0.05, 0) is 12.5 Å². The molecule has 1 heterocycles. The van der Waals surface area contributed by atoms with Crippen LogP contribution in [0.4, 0.5) is 0 Å². The van der Waals surface area contributed by atoms with Gasteiger partial charge in [-0.1, -0.05) is 30.3 Å². The van der Waals surface area contributed by atoms with E-state index in [0.29, 0.717) is 13.0 Å². The number of likely N-dealkylation sites (N-methyl/N-ethyl adjacent to an activating group) is 1. The van der Waals surface area contributed by atoms with Crippen molar-refractivity contribution in [2.45, 2.75) is 25.8 Å². The minimum atomic E-state index is 0.0555. The number of hydrogen-bond donors (Lipinski definition) is 1. The third-order valence-corrected chi connectivity index (χ3v) is 4.42. The summed E-state index contributed by atoms with van der Waals surface area (Å²) in [6.07, 6.45) is 1.15. The maximum absolute atomic E-state index is 12.1. The first-order valence-corrected chi connectivity index (χ1v) is 7.91. The SMILES string of the molecule is CC(CN)N(C)C(=O)Cc1csc(Cc2ccccc2)n1. The van der Waals surface area contributed by atoms with E-state index in [-0.39, 0.29) is 11.9 Å². The summed E-state index contributed by atoms with van der Waals surface area (Å²) in [5.74, 6) is 0.0597. The molecule has 0 bridgehead atoms. The Balaban J connectivity index is 1.96. The number of amides is 1. The lowest BCUT2D eigenvalue weighted by atomic mass is 10.2. The molecule has 0 fully saturated rings. The second kappa shape index (κ2) is 7.33. The fourth-order valence-corrected chi connectivity index (χ4v) is 2.79. The van der Waals surface area contributed by atoms with Crippen LogP contribution < -0.4 is 5.73 Å². The molecule has 0 aliphatic heterocycles. The van der Waals surface area contributed by atoms with Gasteiger partial charge in [0, 0.05) is 31.4 Å². The molecule has 2 rings (SSSR count). The first-order chi connectivity index (χ1) is 10.1. The Morgan fingerprint density at radius 3 is 2.76 bits per heavy atom. The molecule has 112 valence electrons. The quantitative estimate of drug-likeness (QED) is 0.889. The lowest BCUT2D eigenvalue weighted by molar-refractivity contribution is -0.130. The molecule has 0 saturated heterocycles. The first kappa shape index (κ1) is 15.7. The summed E-state index contributed by atoms with van der Waals surface area (Å²) in [6, 6.07) is 10.3. The number of hydrogen-bond acceptors (Lipinski definition) is 4. The van der Waals surface area contributed by atoms with Crippen molar-refractivity contribution >= 4 is 17.2 Å². The second-order valence-corrected chi connectivity index (χ2v) is 6.10. The van der Waals surface area contributed by atoms with E-state index < -0.39 is 0 Å². The molecule has 21 heavy (non-hydrogen) atoms. The van der Waals surface area contributed by atoms with Crippen molar-refractivity contribution in [3.63, 3.8) is 0 Å². The van der Waals surface area contributed by atoms with E-state index in [1.807, 2.05) is 30.5 Å². The van der Waals surface area contributed by atoms with Gasteiger partial charge in [0.2, 0.25) is 5.91 Å². The highest BCUT2D eigenvalue weighted by Crippen LogP contribution is 2.15. The zero-order valence-electron chi connectivity index (χ0n) is 12.5. The summed E-state index contributed by atoms with van der Waals surface area (Å²) in [5, 5.41) is 3.01. The van der Waals surface area contributed by atoms with Crippen LogP contribution in [0.15, 0.2) is 35.7 Å². The smallest absolute Gasteiger partial charge is 0.228 e. The van der Waals surface area contributed by atoms with Crippen molar-refractivity contribution < 1.29 is 4.79 Å². The Morgan fingerprint density at radius 2 is 2.10 bits per heavy atom. The van der Waals surface area contributed by atoms with Gasteiger partial charge >= 0.3 is 0 Å². The summed E-state index contributed by atoms with van der Waals surface area (Å²) in [7, 11) is 1.79. The normalized spacial score (nSPS) is 12.1.